The Morgan fingerprint density at radius 1 is 1.07 bits per heavy atom. The Morgan fingerprint density at radius 3 is 2.50 bits per heavy atom. The van der Waals surface area contributed by atoms with Crippen LogP contribution in [-0.4, -0.2) is 26.6 Å². The largest absolute Gasteiger partial charge is 0.463 e. The van der Waals surface area contributed by atoms with Crippen LogP contribution in [0.5, 0.6) is 0 Å². The second kappa shape index (κ2) is 11.1. The van der Waals surface area contributed by atoms with E-state index < -0.39 is 16.9 Å². The number of rotatable bonds is 7. The first-order valence-electron chi connectivity index (χ1n) is 13.4. The number of hydrogen-bond acceptors (Lipinski definition) is 7. The van der Waals surface area contributed by atoms with Gasteiger partial charge in [-0.15, -0.1) is 0 Å². The highest BCUT2D eigenvalue weighted by molar-refractivity contribution is 7.07. The van der Waals surface area contributed by atoms with Crippen LogP contribution in [0.25, 0.3) is 17.0 Å². The van der Waals surface area contributed by atoms with Gasteiger partial charge in [-0.1, -0.05) is 72.0 Å². The minimum absolute atomic E-state index is 0.0305. The molecule has 1 aliphatic heterocycles. The lowest BCUT2D eigenvalue weighted by molar-refractivity contribution is -0.384. The van der Waals surface area contributed by atoms with Crippen LogP contribution in [0.3, 0.4) is 0 Å². The van der Waals surface area contributed by atoms with Crippen LogP contribution in [0.1, 0.15) is 36.7 Å². The van der Waals surface area contributed by atoms with Crippen molar-refractivity contribution in [1.29, 1.82) is 0 Å². The molecule has 9 nitrogen and oxygen atoms in total. The van der Waals surface area contributed by atoms with E-state index in [2.05, 4.69) is 9.56 Å². The van der Waals surface area contributed by atoms with E-state index in [-0.39, 0.29) is 17.9 Å². The Bertz CT molecular complexity index is 2050. The van der Waals surface area contributed by atoms with Crippen LogP contribution < -0.4 is 14.9 Å². The number of nitro benzene ring substituents is 1. The van der Waals surface area contributed by atoms with Gasteiger partial charge in [-0.3, -0.25) is 19.5 Å². The number of allylic oxidation sites excluding steroid dienone is 1. The van der Waals surface area contributed by atoms with Gasteiger partial charge in [0.1, 0.15) is 0 Å². The number of hydrogen-bond donors (Lipinski definition) is 0. The third-order valence-corrected chi connectivity index (χ3v) is 8.22. The fraction of sp³-hybridized carbons (Fsp3) is 0.156. The molecule has 3 aromatic carbocycles. The number of fused-ring (bicyclic) bond motifs is 2. The molecule has 1 atom stereocenters. The third-order valence-electron chi connectivity index (χ3n) is 7.24. The number of carbonyl (C=O) groups excluding carboxylic acids is 1. The summed E-state index contributed by atoms with van der Waals surface area (Å²) in [4.78, 5) is 43.0. The van der Waals surface area contributed by atoms with E-state index in [4.69, 9.17) is 4.74 Å². The first kappa shape index (κ1) is 27.1. The lowest BCUT2D eigenvalue weighted by Gasteiger charge is -2.24. The summed E-state index contributed by atoms with van der Waals surface area (Å²) in [6.45, 7) is 4.17. The fourth-order valence-electron chi connectivity index (χ4n) is 5.31. The Labute approximate surface area is 244 Å². The molecule has 0 fully saturated rings. The summed E-state index contributed by atoms with van der Waals surface area (Å²) in [7, 11) is 0. The van der Waals surface area contributed by atoms with Gasteiger partial charge in [0.15, 0.2) is 4.80 Å². The topological polar surface area (TPSA) is 109 Å². The summed E-state index contributed by atoms with van der Waals surface area (Å²) in [6, 6.07) is 25.1. The van der Waals surface area contributed by atoms with Crippen molar-refractivity contribution in [3.8, 4) is 0 Å². The monoisotopic (exact) mass is 578 g/mol. The molecule has 0 aliphatic carbocycles. The summed E-state index contributed by atoms with van der Waals surface area (Å²) in [6.07, 6.45) is 1.85. The van der Waals surface area contributed by atoms with Crippen LogP contribution in [0.15, 0.2) is 106 Å². The van der Waals surface area contributed by atoms with Crippen LogP contribution in [0, 0.1) is 10.1 Å². The van der Waals surface area contributed by atoms with Crippen molar-refractivity contribution in [1.82, 2.24) is 9.13 Å². The van der Waals surface area contributed by atoms with Crippen molar-refractivity contribution < 1.29 is 14.5 Å². The molecule has 3 heterocycles. The summed E-state index contributed by atoms with van der Waals surface area (Å²) >= 11 is 1.27. The van der Waals surface area contributed by atoms with E-state index >= 15 is 0 Å². The van der Waals surface area contributed by atoms with Crippen molar-refractivity contribution >= 4 is 40.0 Å². The molecule has 10 heteroatoms. The van der Waals surface area contributed by atoms with Crippen molar-refractivity contribution in [2.75, 3.05) is 6.61 Å². The smallest absolute Gasteiger partial charge is 0.338 e. The number of thiazole rings is 1. The highest BCUT2D eigenvalue weighted by Gasteiger charge is 2.33. The molecule has 42 heavy (non-hydrogen) atoms. The van der Waals surface area contributed by atoms with Gasteiger partial charge in [0.2, 0.25) is 0 Å². The molecule has 0 bridgehead atoms. The molecule has 0 unspecified atom stereocenters. The Morgan fingerprint density at radius 2 is 1.79 bits per heavy atom. The quantitative estimate of drug-likeness (QED) is 0.158. The zero-order valence-electron chi connectivity index (χ0n) is 22.9. The van der Waals surface area contributed by atoms with E-state index in [9.17, 15) is 19.7 Å². The number of ether oxygens (including phenoxy) is 1. The number of nitrogens with zero attached hydrogens (tertiary/aromatic N) is 4. The normalized spacial score (nSPS) is 15.0. The number of carbonyl (C=O) groups is 1. The summed E-state index contributed by atoms with van der Waals surface area (Å²) < 4.78 is 9.50. The van der Waals surface area contributed by atoms with Crippen LogP contribution in [0.2, 0.25) is 0 Å². The number of esters is 1. The second-order valence-corrected chi connectivity index (χ2v) is 10.9. The Hall–Kier alpha value is -5.09. The summed E-state index contributed by atoms with van der Waals surface area (Å²) in [5, 5.41) is 12.1. The Balaban J connectivity index is 1.51. The number of nitro groups is 1. The fourth-order valence-corrected chi connectivity index (χ4v) is 6.34. The molecular formula is C32H26N4O5S. The van der Waals surface area contributed by atoms with Gasteiger partial charge in [-0.25, -0.2) is 9.79 Å². The average Bonchev–Trinajstić information content (AvgIpc) is 3.49. The molecule has 0 spiro atoms. The maximum absolute atomic E-state index is 14.1. The maximum atomic E-state index is 14.1. The van der Waals surface area contributed by atoms with E-state index in [1.807, 2.05) is 66.7 Å². The van der Waals surface area contributed by atoms with Crippen molar-refractivity contribution in [3.05, 3.63) is 143 Å². The molecular weight excluding hydrogens is 552 g/mol. The average molecular weight is 579 g/mol. The predicted octanol–water partition coefficient (Wildman–Crippen LogP) is 4.71. The lowest BCUT2D eigenvalue weighted by atomic mass is 9.96. The lowest BCUT2D eigenvalue weighted by Crippen LogP contribution is -2.40. The minimum atomic E-state index is -0.672. The van der Waals surface area contributed by atoms with Crippen LogP contribution in [-0.2, 0) is 16.1 Å². The van der Waals surface area contributed by atoms with Gasteiger partial charge in [0, 0.05) is 35.3 Å². The third kappa shape index (κ3) is 4.86. The maximum Gasteiger partial charge on any atom is 0.338 e. The summed E-state index contributed by atoms with van der Waals surface area (Å²) in [5.41, 5.74) is 4.08. The number of non-ortho nitro benzene ring substituents is 1. The molecule has 0 saturated heterocycles. The van der Waals surface area contributed by atoms with E-state index in [0.717, 1.165) is 27.7 Å². The van der Waals surface area contributed by atoms with E-state index in [1.165, 1.54) is 23.5 Å². The van der Waals surface area contributed by atoms with Gasteiger partial charge in [-0.05, 0) is 43.2 Å². The van der Waals surface area contributed by atoms with Crippen molar-refractivity contribution in [3.63, 3.8) is 0 Å². The van der Waals surface area contributed by atoms with Crippen LogP contribution in [0.4, 0.5) is 5.69 Å². The number of aromatic nitrogens is 2. The van der Waals surface area contributed by atoms with Crippen LogP contribution >= 0.6 is 11.3 Å². The molecule has 5 aromatic rings. The minimum Gasteiger partial charge on any atom is -0.463 e. The predicted molar refractivity (Wildman–Crippen MR) is 161 cm³/mol. The first-order chi connectivity index (χ1) is 20.4. The van der Waals surface area contributed by atoms with Gasteiger partial charge >= 0.3 is 5.97 Å². The molecule has 0 amide bonds. The van der Waals surface area contributed by atoms with E-state index in [1.54, 1.807) is 30.5 Å². The zero-order valence-corrected chi connectivity index (χ0v) is 23.7. The van der Waals surface area contributed by atoms with Crippen molar-refractivity contribution in [2.45, 2.75) is 26.4 Å². The Kier molecular flexibility index (Phi) is 7.13. The molecule has 0 N–H and O–H groups in total. The summed E-state index contributed by atoms with van der Waals surface area (Å²) in [5.74, 6) is -0.495. The molecule has 0 saturated carbocycles. The molecule has 0 radical (unpaired) electrons. The van der Waals surface area contributed by atoms with Crippen molar-refractivity contribution in [2.24, 2.45) is 4.99 Å². The second-order valence-electron chi connectivity index (χ2n) is 9.85. The van der Waals surface area contributed by atoms with Gasteiger partial charge in [0.05, 0.1) is 33.4 Å². The first-order valence-corrected chi connectivity index (χ1v) is 14.2. The highest BCUT2D eigenvalue weighted by atomic mass is 32.1. The number of benzene rings is 3. The molecule has 1 aliphatic rings. The number of para-hydroxylation sites is 1. The molecule has 2 aromatic heterocycles. The molecule has 210 valence electrons. The highest BCUT2D eigenvalue weighted by Crippen LogP contribution is 2.30. The zero-order chi connectivity index (χ0) is 29.4. The molecule has 6 rings (SSSR count). The van der Waals surface area contributed by atoms with Gasteiger partial charge in [-0.2, -0.15) is 0 Å². The van der Waals surface area contributed by atoms with Gasteiger partial charge in [0.25, 0.3) is 11.2 Å². The van der Waals surface area contributed by atoms with Gasteiger partial charge < -0.3 is 9.30 Å². The van der Waals surface area contributed by atoms with E-state index in [0.29, 0.717) is 27.1 Å². The SMILES string of the molecule is CCOC(=O)C1=C(C)N=c2s/c(=C/c3cc4ccccc4n3Cc3ccc([N+](=O)[O-])cc3)c(=O)n2[C@@H]1c1ccccc1. The standard InChI is InChI=1S/C32H26N4O5S/c1-3-41-31(38)28-20(2)33-32-35(29(28)22-9-5-4-6-10-22)30(37)27(42-32)18-25-17-23-11-7-8-12-26(23)34(25)19-21-13-15-24(16-14-21)36(39)40/h4-18,29H,3,19H2,1-2H3/b27-18+/t29-/m1/s1.